The lowest BCUT2D eigenvalue weighted by molar-refractivity contribution is -0.125. The number of urea groups is 1. The Morgan fingerprint density at radius 1 is 1.20 bits per heavy atom. The Hall–Kier alpha value is -1.06. The molecule has 86 valence electrons. The van der Waals surface area contributed by atoms with Crippen LogP contribution in [0.4, 0.5) is 4.79 Å². The van der Waals surface area contributed by atoms with Gasteiger partial charge in [-0.15, -0.1) is 0 Å². The number of rotatable bonds is 5. The minimum atomic E-state index is -0.116. The standard InChI is InChI=1S/C11H20N2O2/c1-4-9(5-2)7-13-10(14)8-12(6-3)11(13)15/h9H,4-8H2,1-3H3. The summed E-state index contributed by atoms with van der Waals surface area (Å²) in [7, 11) is 0. The molecule has 4 heteroatoms. The molecule has 0 aromatic carbocycles. The van der Waals surface area contributed by atoms with Gasteiger partial charge in [-0.1, -0.05) is 26.7 Å². The van der Waals surface area contributed by atoms with Gasteiger partial charge in [-0.25, -0.2) is 4.79 Å². The Kier molecular flexibility index (Phi) is 4.12. The number of hydrogen-bond acceptors (Lipinski definition) is 2. The van der Waals surface area contributed by atoms with E-state index in [4.69, 9.17) is 0 Å². The van der Waals surface area contributed by atoms with Gasteiger partial charge < -0.3 is 4.90 Å². The van der Waals surface area contributed by atoms with Crippen LogP contribution in [0.3, 0.4) is 0 Å². The summed E-state index contributed by atoms with van der Waals surface area (Å²) in [6.07, 6.45) is 2.03. The van der Waals surface area contributed by atoms with Gasteiger partial charge in [0.15, 0.2) is 0 Å². The molecule has 3 amide bonds. The normalized spacial score (nSPS) is 17.1. The Morgan fingerprint density at radius 3 is 2.20 bits per heavy atom. The van der Waals surface area contributed by atoms with Gasteiger partial charge in [-0.05, 0) is 12.8 Å². The van der Waals surface area contributed by atoms with Crippen LogP contribution in [0, 0.1) is 5.92 Å². The highest BCUT2D eigenvalue weighted by Gasteiger charge is 2.35. The zero-order valence-electron chi connectivity index (χ0n) is 9.82. The van der Waals surface area contributed by atoms with Crippen LogP contribution in [0.5, 0.6) is 0 Å². The van der Waals surface area contributed by atoms with Gasteiger partial charge in [0.25, 0.3) is 0 Å². The predicted octanol–water partition coefficient (Wildman–Crippen LogP) is 1.71. The summed E-state index contributed by atoms with van der Waals surface area (Å²) < 4.78 is 0. The SMILES string of the molecule is CCC(CC)CN1C(=O)CN(CC)C1=O. The molecule has 0 bridgehead atoms. The third-order valence-corrected chi connectivity index (χ3v) is 3.11. The number of carbonyl (C=O) groups excluding carboxylic acids is 2. The molecule has 1 fully saturated rings. The summed E-state index contributed by atoms with van der Waals surface area (Å²) in [6.45, 7) is 7.54. The van der Waals surface area contributed by atoms with Gasteiger partial charge in [0.2, 0.25) is 5.91 Å². The molecule has 1 rings (SSSR count). The summed E-state index contributed by atoms with van der Waals surface area (Å²) >= 11 is 0. The first-order valence-electron chi connectivity index (χ1n) is 5.73. The first kappa shape index (κ1) is 12.0. The van der Waals surface area contributed by atoms with Crippen molar-refractivity contribution >= 4 is 11.9 Å². The van der Waals surface area contributed by atoms with E-state index in [9.17, 15) is 9.59 Å². The molecule has 1 aliphatic rings. The van der Waals surface area contributed by atoms with Crippen molar-refractivity contribution in [1.82, 2.24) is 9.80 Å². The molecule has 0 aromatic rings. The van der Waals surface area contributed by atoms with Crippen LogP contribution in [0.2, 0.25) is 0 Å². The van der Waals surface area contributed by atoms with Gasteiger partial charge in [0.05, 0.1) is 0 Å². The fourth-order valence-corrected chi connectivity index (χ4v) is 1.83. The second kappa shape index (κ2) is 5.14. The van der Waals surface area contributed by atoms with Crippen LogP contribution in [0.25, 0.3) is 0 Å². The molecule has 1 heterocycles. The van der Waals surface area contributed by atoms with Crippen molar-refractivity contribution in [2.75, 3.05) is 19.6 Å². The first-order valence-corrected chi connectivity index (χ1v) is 5.73. The molecule has 0 radical (unpaired) electrons. The molecule has 15 heavy (non-hydrogen) atoms. The fraction of sp³-hybridized carbons (Fsp3) is 0.818. The molecule has 0 N–H and O–H groups in total. The second-order valence-electron chi connectivity index (χ2n) is 3.98. The van der Waals surface area contributed by atoms with Crippen LogP contribution in [0.1, 0.15) is 33.6 Å². The van der Waals surface area contributed by atoms with E-state index in [1.54, 1.807) is 4.90 Å². The number of hydrogen-bond donors (Lipinski definition) is 0. The van der Waals surface area contributed by atoms with Crippen molar-refractivity contribution in [3.63, 3.8) is 0 Å². The highest BCUT2D eigenvalue weighted by atomic mass is 16.2. The lowest BCUT2D eigenvalue weighted by atomic mass is 10.0. The zero-order valence-corrected chi connectivity index (χ0v) is 9.82. The summed E-state index contributed by atoms with van der Waals surface area (Å²) in [4.78, 5) is 26.3. The fourth-order valence-electron chi connectivity index (χ4n) is 1.83. The summed E-state index contributed by atoms with van der Waals surface area (Å²) in [5.74, 6) is 0.392. The van der Waals surface area contributed by atoms with E-state index in [2.05, 4.69) is 13.8 Å². The van der Waals surface area contributed by atoms with Crippen molar-refractivity contribution in [3.05, 3.63) is 0 Å². The summed E-state index contributed by atoms with van der Waals surface area (Å²) in [6, 6.07) is -0.116. The molecule has 0 unspecified atom stereocenters. The monoisotopic (exact) mass is 212 g/mol. The van der Waals surface area contributed by atoms with Gasteiger partial charge in [-0.3, -0.25) is 9.69 Å². The number of imide groups is 1. The molecule has 1 aliphatic heterocycles. The van der Waals surface area contributed by atoms with Crippen LogP contribution in [0.15, 0.2) is 0 Å². The quantitative estimate of drug-likeness (QED) is 0.651. The Balaban J connectivity index is 2.62. The van der Waals surface area contributed by atoms with Crippen molar-refractivity contribution in [3.8, 4) is 0 Å². The third-order valence-electron chi connectivity index (χ3n) is 3.11. The second-order valence-corrected chi connectivity index (χ2v) is 3.98. The first-order chi connectivity index (χ1) is 7.13. The van der Waals surface area contributed by atoms with Crippen LogP contribution < -0.4 is 0 Å². The van der Waals surface area contributed by atoms with E-state index in [0.717, 1.165) is 12.8 Å². The van der Waals surface area contributed by atoms with E-state index in [-0.39, 0.29) is 18.5 Å². The smallest absolute Gasteiger partial charge is 0.315 e. The Morgan fingerprint density at radius 2 is 1.80 bits per heavy atom. The van der Waals surface area contributed by atoms with Gasteiger partial charge >= 0.3 is 6.03 Å². The lowest BCUT2D eigenvalue weighted by Crippen LogP contribution is -2.36. The Labute approximate surface area is 91.2 Å². The molecular formula is C11H20N2O2. The number of carbonyl (C=O) groups is 2. The minimum absolute atomic E-state index is 0.0475. The van der Waals surface area contributed by atoms with Crippen molar-refractivity contribution < 1.29 is 9.59 Å². The van der Waals surface area contributed by atoms with E-state index < -0.39 is 0 Å². The maximum Gasteiger partial charge on any atom is 0.327 e. The molecule has 0 spiro atoms. The molecule has 0 aliphatic carbocycles. The minimum Gasteiger partial charge on any atom is -0.315 e. The molecule has 0 saturated carbocycles. The number of likely N-dealkylation sites (N-methyl/N-ethyl adjacent to an activating group) is 1. The highest BCUT2D eigenvalue weighted by Crippen LogP contribution is 2.16. The zero-order chi connectivity index (χ0) is 11.4. The third kappa shape index (κ3) is 2.49. The van der Waals surface area contributed by atoms with Crippen LogP contribution in [-0.4, -0.2) is 41.4 Å². The van der Waals surface area contributed by atoms with Crippen LogP contribution >= 0.6 is 0 Å². The molecule has 0 aromatic heterocycles. The van der Waals surface area contributed by atoms with E-state index >= 15 is 0 Å². The number of amides is 3. The van der Waals surface area contributed by atoms with Crippen LogP contribution in [-0.2, 0) is 4.79 Å². The largest absolute Gasteiger partial charge is 0.327 e. The summed E-state index contributed by atoms with van der Waals surface area (Å²) in [5, 5.41) is 0. The average molecular weight is 212 g/mol. The van der Waals surface area contributed by atoms with E-state index in [1.165, 1.54) is 4.90 Å². The van der Waals surface area contributed by atoms with Crippen molar-refractivity contribution in [2.45, 2.75) is 33.6 Å². The maximum absolute atomic E-state index is 11.7. The molecule has 1 saturated heterocycles. The molecule has 0 atom stereocenters. The van der Waals surface area contributed by atoms with Gasteiger partial charge in [0.1, 0.15) is 6.54 Å². The highest BCUT2D eigenvalue weighted by molar-refractivity contribution is 6.01. The summed E-state index contributed by atoms with van der Waals surface area (Å²) in [5.41, 5.74) is 0. The van der Waals surface area contributed by atoms with Gasteiger partial charge in [0, 0.05) is 13.1 Å². The number of nitrogens with zero attached hydrogens (tertiary/aromatic N) is 2. The average Bonchev–Trinajstić information content (AvgIpc) is 2.51. The topological polar surface area (TPSA) is 40.6 Å². The maximum atomic E-state index is 11.7. The van der Waals surface area contributed by atoms with E-state index in [0.29, 0.717) is 19.0 Å². The predicted molar refractivity (Wildman–Crippen MR) is 58.4 cm³/mol. The Bertz CT molecular complexity index is 249. The molecular weight excluding hydrogens is 192 g/mol. The van der Waals surface area contributed by atoms with Crippen molar-refractivity contribution in [2.24, 2.45) is 5.92 Å². The van der Waals surface area contributed by atoms with E-state index in [1.807, 2.05) is 6.92 Å². The van der Waals surface area contributed by atoms with Gasteiger partial charge in [-0.2, -0.15) is 0 Å². The lowest BCUT2D eigenvalue weighted by Gasteiger charge is -2.20. The van der Waals surface area contributed by atoms with Crippen molar-refractivity contribution in [1.29, 1.82) is 0 Å². The molecule has 4 nitrogen and oxygen atoms in total.